The van der Waals surface area contributed by atoms with E-state index in [9.17, 15) is 18.1 Å². The highest BCUT2D eigenvalue weighted by atomic mass is 19.3. The summed E-state index contributed by atoms with van der Waals surface area (Å²) in [5, 5.41) is 1.98. The van der Waals surface area contributed by atoms with Crippen LogP contribution in [0.4, 0.5) is 13.2 Å². The molecule has 0 heterocycles. The summed E-state index contributed by atoms with van der Waals surface area (Å²) in [6.07, 6.45) is -3.03. The molecule has 0 aliphatic carbocycles. The van der Waals surface area contributed by atoms with Gasteiger partial charge in [0.25, 0.3) is 6.43 Å². The van der Waals surface area contributed by atoms with Gasteiger partial charge in [0, 0.05) is 0 Å². The van der Waals surface area contributed by atoms with E-state index in [-0.39, 0.29) is 0 Å². The van der Waals surface area contributed by atoms with E-state index in [4.69, 9.17) is 0 Å². The van der Waals surface area contributed by atoms with Gasteiger partial charge in [-0.05, 0) is 13.8 Å². The number of halogens is 3. The molecule has 1 unspecified atom stereocenters. The van der Waals surface area contributed by atoms with Crippen molar-refractivity contribution in [2.45, 2.75) is 32.0 Å². The molecule has 0 saturated carbocycles. The fourth-order valence-electron chi connectivity index (χ4n) is 0.471. The topological polar surface area (TPSA) is 29.4 Å². The Kier molecular flexibility index (Phi) is 2.80. The lowest BCUT2D eigenvalue weighted by molar-refractivity contribution is 0.0367. The predicted octanol–water partition coefficient (Wildman–Crippen LogP) is 2.13. The SMILES string of the molecule is CC(C)(F)C(N=O)C(F)F. The zero-order valence-electron chi connectivity index (χ0n) is 5.64. The van der Waals surface area contributed by atoms with Crippen molar-refractivity contribution in [3.05, 3.63) is 4.91 Å². The van der Waals surface area contributed by atoms with E-state index >= 15 is 0 Å². The highest BCUT2D eigenvalue weighted by Gasteiger charge is 2.37. The minimum absolute atomic E-state index is 0.894. The van der Waals surface area contributed by atoms with Crippen LogP contribution in [0.1, 0.15) is 13.8 Å². The molecule has 0 amide bonds. The second-order valence-electron chi connectivity index (χ2n) is 2.45. The molecule has 10 heavy (non-hydrogen) atoms. The third kappa shape index (κ3) is 2.33. The van der Waals surface area contributed by atoms with E-state index < -0.39 is 18.1 Å². The highest BCUT2D eigenvalue weighted by Crippen LogP contribution is 2.22. The van der Waals surface area contributed by atoms with Crippen molar-refractivity contribution in [3.8, 4) is 0 Å². The van der Waals surface area contributed by atoms with Gasteiger partial charge in [0.05, 0.1) is 0 Å². The normalized spacial score (nSPS) is 15.4. The van der Waals surface area contributed by atoms with Crippen molar-refractivity contribution in [2.75, 3.05) is 0 Å². The second-order valence-corrected chi connectivity index (χ2v) is 2.45. The lowest BCUT2D eigenvalue weighted by Crippen LogP contribution is -2.35. The van der Waals surface area contributed by atoms with Crippen LogP contribution in [0.25, 0.3) is 0 Å². The van der Waals surface area contributed by atoms with E-state index in [2.05, 4.69) is 0 Å². The minimum Gasteiger partial charge on any atom is -0.242 e. The molecule has 0 saturated heterocycles. The smallest absolute Gasteiger partial charge is 0.242 e. The van der Waals surface area contributed by atoms with Gasteiger partial charge in [0.1, 0.15) is 5.67 Å². The van der Waals surface area contributed by atoms with Crippen molar-refractivity contribution in [2.24, 2.45) is 5.18 Å². The molecule has 1 atom stereocenters. The minimum atomic E-state index is -3.03. The first kappa shape index (κ1) is 9.39. The van der Waals surface area contributed by atoms with Crippen molar-refractivity contribution in [1.29, 1.82) is 0 Å². The number of alkyl halides is 3. The lowest BCUT2D eigenvalue weighted by atomic mass is 10.0. The Hall–Kier alpha value is -0.610. The standard InChI is InChI=1S/C5H8F3NO/c1-5(2,8)3(9-10)4(6)7/h3-4H,1-2H3. The molecule has 0 fully saturated rings. The van der Waals surface area contributed by atoms with Gasteiger partial charge in [0.2, 0.25) is 0 Å². The first-order valence-electron chi connectivity index (χ1n) is 2.69. The lowest BCUT2D eigenvalue weighted by Gasteiger charge is -2.18. The monoisotopic (exact) mass is 155 g/mol. The fourth-order valence-corrected chi connectivity index (χ4v) is 0.471. The molecule has 0 rings (SSSR count). The Bertz CT molecular complexity index is 121. The number of nitroso groups, excluding NO2 is 1. The summed E-state index contributed by atoms with van der Waals surface area (Å²) in [5.74, 6) is 0. The van der Waals surface area contributed by atoms with Gasteiger partial charge in [0.15, 0.2) is 6.04 Å². The molecule has 60 valence electrons. The van der Waals surface area contributed by atoms with Gasteiger partial charge >= 0.3 is 0 Å². The molecule has 0 N–H and O–H groups in total. The third-order valence-electron chi connectivity index (χ3n) is 1.06. The summed E-state index contributed by atoms with van der Waals surface area (Å²) >= 11 is 0. The molecule has 0 aromatic heterocycles. The van der Waals surface area contributed by atoms with E-state index in [0.717, 1.165) is 13.8 Å². The summed E-state index contributed by atoms with van der Waals surface area (Å²) in [5.41, 5.74) is -2.24. The summed E-state index contributed by atoms with van der Waals surface area (Å²) in [6, 6.07) is -2.06. The van der Waals surface area contributed by atoms with Crippen LogP contribution in [-0.2, 0) is 0 Å². The molecule has 2 nitrogen and oxygen atoms in total. The Morgan fingerprint density at radius 2 is 1.80 bits per heavy atom. The molecule has 0 aromatic carbocycles. The maximum atomic E-state index is 12.5. The van der Waals surface area contributed by atoms with E-state index in [0.29, 0.717) is 0 Å². The quantitative estimate of drug-likeness (QED) is 0.574. The van der Waals surface area contributed by atoms with Crippen molar-refractivity contribution in [1.82, 2.24) is 0 Å². The van der Waals surface area contributed by atoms with Crippen LogP contribution >= 0.6 is 0 Å². The average molecular weight is 155 g/mol. The summed E-state index contributed by atoms with van der Waals surface area (Å²) in [6.45, 7) is 1.79. The van der Waals surface area contributed by atoms with Crippen molar-refractivity contribution in [3.63, 3.8) is 0 Å². The number of rotatable bonds is 3. The van der Waals surface area contributed by atoms with Gasteiger partial charge in [-0.15, -0.1) is 0 Å². The first-order chi connectivity index (χ1) is 4.39. The van der Waals surface area contributed by atoms with Crippen LogP contribution in [0, 0.1) is 4.91 Å². The molecular weight excluding hydrogens is 147 g/mol. The van der Waals surface area contributed by atoms with Crippen molar-refractivity contribution < 1.29 is 13.2 Å². The molecule has 0 radical (unpaired) electrons. The molecule has 0 aromatic rings. The van der Waals surface area contributed by atoms with E-state index in [1.165, 1.54) is 0 Å². The Morgan fingerprint density at radius 1 is 1.40 bits per heavy atom. The molecule has 5 heteroatoms. The van der Waals surface area contributed by atoms with Gasteiger partial charge in [-0.3, -0.25) is 0 Å². The Balaban J connectivity index is 4.21. The third-order valence-corrected chi connectivity index (χ3v) is 1.06. The van der Waals surface area contributed by atoms with Gasteiger partial charge in [-0.25, -0.2) is 13.2 Å². The molecule has 0 aliphatic heterocycles. The van der Waals surface area contributed by atoms with Gasteiger partial charge in [-0.2, -0.15) is 4.91 Å². The Labute approximate surface area is 56.4 Å². The highest BCUT2D eigenvalue weighted by molar-refractivity contribution is 4.85. The first-order valence-corrected chi connectivity index (χ1v) is 2.69. The second kappa shape index (κ2) is 2.98. The van der Waals surface area contributed by atoms with Crippen molar-refractivity contribution >= 4 is 0 Å². The van der Waals surface area contributed by atoms with Crippen LogP contribution in [0.15, 0.2) is 5.18 Å². The number of hydrogen-bond donors (Lipinski definition) is 0. The zero-order valence-corrected chi connectivity index (χ0v) is 5.64. The van der Waals surface area contributed by atoms with E-state index in [1.807, 2.05) is 5.18 Å². The van der Waals surface area contributed by atoms with Crippen LogP contribution in [0.3, 0.4) is 0 Å². The summed E-state index contributed by atoms with van der Waals surface area (Å²) in [4.78, 5) is 9.62. The van der Waals surface area contributed by atoms with Gasteiger partial charge in [-0.1, -0.05) is 5.18 Å². The number of hydrogen-bond acceptors (Lipinski definition) is 2. The molecule has 0 aliphatic rings. The maximum Gasteiger partial charge on any atom is 0.267 e. The van der Waals surface area contributed by atoms with Crippen LogP contribution < -0.4 is 0 Å². The molecule has 0 bridgehead atoms. The maximum absolute atomic E-state index is 12.5. The summed E-state index contributed by atoms with van der Waals surface area (Å²) < 4.78 is 35.9. The largest absolute Gasteiger partial charge is 0.267 e. The van der Waals surface area contributed by atoms with Crippen LogP contribution in [0.5, 0.6) is 0 Å². The summed E-state index contributed by atoms with van der Waals surface area (Å²) in [7, 11) is 0. The predicted molar refractivity (Wildman–Crippen MR) is 30.8 cm³/mol. The fraction of sp³-hybridized carbons (Fsp3) is 1.00. The van der Waals surface area contributed by atoms with Crippen LogP contribution in [0.2, 0.25) is 0 Å². The number of nitrogens with zero attached hydrogens (tertiary/aromatic N) is 1. The average Bonchev–Trinajstić information content (AvgIpc) is 1.60. The molecule has 0 spiro atoms. The van der Waals surface area contributed by atoms with Crippen LogP contribution in [-0.4, -0.2) is 18.1 Å². The zero-order chi connectivity index (χ0) is 8.36. The van der Waals surface area contributed by atoms with Gasteiger partial charge < -0.3 is 0 Å². The molecular formula is C5H8F3NO. The Morgan fingerprint density at radius 3 is 1.80 bits per heavy atom. The van der Waals surface area contributed by atoms with E-state index in [1.54, 1.807) is 0 Å².